The van der Waals surface area contributed by atoms with E-state index in [-0.39, 0.29) is 19.3 Å². The fourth-order valence-corrected chi connectivity index (χ4v) is 12.2. The Morgan fingerprint density at radius 1 is 0.287 bits per heavy atom. The number of ether oxygens (including phenoxy) is 3. The van der Waals surface area contributed by atoms with Gasteiger partial charge >= 0.3 is 33.6 Å². The molecule has 0 aliphatic carbocycles. The van der Waals surface area contributed by atoms with Crippen molar-refractivity contribution in [2.45, 2.75) is 347 Å². The van der Waals surface area contributed by atoms with Crippen LogP contribution in [0.25, 0.3) is 0 Å². The van der Waals surface area contributed by atoms with Gasteiger partial charge in [0.2, 0.25) is 0 Å². The summed E-state index contributed by atoms with van der Waals surface area (Å²) in [4.78, 5) is 58.6. The molecule has 0 rings (SSSR count). The summed E-state index contributed by atoms with van der Waals surface area (Å²) in [6.45, 7) is 2.45. The Balaban J connectivity index is 4.48. The number of phosphoric acid groups is 2. The van der Waals surface area contributed by atoms with E-state index in [0.717, 1.165) is 154 Å². The minimum Gasteiger partial charge on any atom is -0.463 e. The second kappa shape index (κ2) is 75.6. The molecule has 5 atom stereocenters. The monoisotopic (exact) mass is 1460 g/mol. The molecule has 0 bridgehead atoms. The molecule has 5 unspecified atom stereocenters. The van der Waals surface area contributed by atoms with E-state index in [1.54, 1.807) is 0 Å². The van der Waals surface area contributed by atoms with Crippen LogP contribution < -0.4 is 0 Å². The zero-order valence-electron chi connectivity index (χ0n) is 63.5. The third-order valence-electron chi connectivity index (χ3n) is 16.7. The maximum absolute atomic E-state index is 13.0. The van der Waals surface area contributed by atoms with Crippen molar-refractivity contribution in [2.24, 2.45) is 0 Å². The number of carbonyl (C=O) groups excluding carboxylic acids is 3. The van der Waals surface area contributed by atoms with Crippen molar-refractivity contribution in [2.75, 3.05) is 39.6 Å². The molecule has 0 radical (unpaired) electrons. The lowest BCUT2D eigenvalue weighted by molar-refractivity contribution is -0.161. The van der Waals surface area contributed by atoms with E-state index in [0.29, 0.717) is 19.3 Å². The first-order valence-corrected chi connectivity index (χ1v) is 42.8. The molecule has 0 aromatic carbocycles. The van der Waals surface area contributed by atoms with Crippen LogP contribution >= 0.6 is 15.6 Å². The van der Waals surface area contributed by atoms with Crippen LogP contribution in [-0.4, -0.2) is 95.9 Å². The molecule has 0 aromatic rings. The molecule has 16 nitrogen and oxygen atoms in total. The molecule has 0 aliphatic heterocycles. The molecule has 0 heterocycles. The first-order valence-electron chi connectivity index (χ1n) is 39.8. The number of aliphatic hydroxyl groups is 2. The minimum atomic E-state index is -4.93. The Morgan fingerprint density at radius 3 is 0.842 bits per heavy atom. The average molecular weight is 1460 g/mol. The minimum absolute atomic E-state index is 0.0907. The summed E-state index contributed by atoms with van der Waals surface area (Å²) in [7, 11) is -9.79. The van der Waals surface area contributed by atoms with Crippen molar-refractivity contribution in [1.29, 1.82) is 0 Å². The number of rotatable bonds is 75. The number of hydrogen-bond acceptors (Lipinski definition) is 14. The molecule has 0 aromatic heterocycles. The highest BCUT2D eigenvalue weighted by molar-refractivity contribution is 7.47. The number of esters is 3. The van der Waals surface area contributed by atoms with Gasteiger partial charge in [-0.3, -0.25) is 32.5 Å². The van der Waals surface area contributed by atoms with Gasteiger partial charge in [-0.1, -0.05) is 303 Å². The van der Waals surface area contributed by atoms with Gasteiger partial charge < -0.3 is 34.2 Å². The van der Waals surface area contributed by atoms with Gasteiger partial charge in [0.15, 0.2) is 6.10 Å². The number of unbranched alkanes of at least 4 members (excludes halogenated alkanes) is 32. The van der Waals surface area contributed by atoms with Crippen LogP contribution in [0.4, 0.5) is 0 Å². The maximum atomic E-state index is 13.0. The first-order chi connectivity index (χ1) is 49.2. The van der Waals surface area contributed by atoms with Gasteiger partial charge in [-0.15, -0.1) is 0 Å². The Labute approximate surface area is 614 Å². The second-order valence-corrected chi connectivity index (χ2v) is 29.4. The highest BCUT2D eigenvalue weighted by atomic mass is 31.2. The summed E-state index contributed by atoms with van der Waals surface area (Å²) >= 11 is 0. The van der Waals surface area contributed by atoms with Gasteiger partial charge in [0.25, 0.3) is 0 Å². The Kier molecular flexibility index (Phi) is 72.6. The molecule has 4 N–H and O–H groups in total. The van der Waals surface area contributed by atoms with Crippen LogP contribution in [0.5, 0.6) is 0 Å². The molecule has 0 fully saturated rings. The standard InChI is InChI=1S/C83H144O16P2/c1-4-7-10-13-16-19-22-25-28-30-32-33-34-35-36-37-38-39-40-41-42-43-45-47-49-51-54-57-60-63-66-69-81(86)93-72-78(84)73-95-100(89,90)96-74-79(85)75-97-101(91,92)98-77-80(99-83(88)71-68-65-62-59-56-53-48-27-24-21-18-15-12-9-6-3)76-94-82(87)70-67-64-61-58-55-52-50-46-44-31-29-26-23-20-17-14-11-8-5-2/h7-8,10-11,16-17,19-20,25-29,32-33,35-36,44,46,48,78-80,84-85H,4-6,9,12-15,18,21-24,30-31,34,37-43,45,47,49-77H2,1-3H3,(H,89,90)(H,91,92)/b10-7-,11-8-,19-16-,20-17-,28-25-,29-26-,33-32-,36-35-,46-44-,48-27-. The third-order valence-corrected chi connectivity index (χ3v) is 18.6. The van der Waals surface area contributed by atoms with Crippen molar-refractivity contribution in [3.05, 3.63) is 122 Å². The summed E-state index contributed by atoms with van der Waals surface area (Å²) in [5.41, 5.74) is 0. The normalized spacial score (nSPS) is 14.6. The fraction of sp³-hybridized carbons (Fsp3) is 0.723. The van der Waals surface area contributed by atoms with Crippen molar-refractivity contribution in [3.63, 3.8) is 0 Å². The second-order valence-electron chi connectivity index (χ2n) is 26.5. The van der Waals surface area contributed by atoms with E-state index in [1.165, 1.54) is 116 Å². The van der Waals surface area contributed by atoms with Gasteiger partial charge in [0.05, 0.1) is 26.4 Å². The maximum Gasteiger partial charge on any atom is 0.472 e. The van der Waals surface area contributed by atoms with Crippen molar-refractivity contribution >= 4 is 33.6 Å². The van der Waals surface area contributed by atoms with Gasteiger partial charge in [-0.05, 0) is 128 Å². The van der Waals surface area contributed by atoms with E-state index < -0.39 is 91.5 Å². The van der Waals surface area contributed by atoms with E-state index in [2.05, 4.69) is 142 Å². The molecule has 0 spiro atoms. The summed E-state index contributed by atoms with van der Waals surface area (Å²) < 4.78 is 61.1. The summed E-state index contributed by atoms with van der Waals surface area (Å²) in [5, 5.41) is 20.6. The smallest absolute Gasteiger partial charge is 0.463 e. The van der Waals surface area contributed by atoms with Crippen LogP contribution in [-0.2, 0) is 55.8 Å². The van der Waals surface area contributed by atoms with Gasteiger partial charge in [-0.2, -0.15) is 0 Å². The number of hydrogen-bond donors (Lipinski definition) is 4. The lowest BCUT2D eigenvalue weighted by Gasteiger charge is -2.21. The Hall–Kier alpha value is -4.05. The van der Waals surface area contributed by atoms with Crippen molar-refractivity contribution in [1.82, 2.24) is 0 Å². The molecular weight excluding hydrogens is 1310 g/mol. The number of carbonyl (C=O) groups is 3. The number of allylic oxidation sites excluding steroid dienone is 20. The van der Waals surface area contributed by atoms with Gasteiger partial charge in [-0.25, -0.2) is 9.13 Å². The van der Waals surface area contributed by atoms with E-state index in [1.807, 2.05) is 0 Å². The molecule has 582 valence electrons. The lowest BCUT2D eigenvalue weighted by atomic mass is 10.0. The van der Waals surface area contributed by atoms with Crippen LogP contribution in [0, 0.1) is 0 Å². The number of aliphatic hydroxyl groups excluding tert-OH is 2. The van der Waals surface area contributed by atoms with Crippen LogP contribution in [0.1, 0.15) is 329 Å². The number of phosphoric ester groups is 2. The lowest BCUT2D eigenvalue weighted by Crippen LogP contribution is -2.30. The summed E-state index contributed by atoms with van der Waals surface area (Å²) in [5.74, 6) is -1.59. The van der Waals surface area contributed by atoms with E-state index in [4.69, 9.17) is 32.3 Å². The molecular formula is C83H144O16P2. The van der Waals surface area contributed by atoms with Crippen LogP contribution in [0.2, 0.25) is 0 Å². The molecule has 0 amide bonds. The first kappa shape index (κ1) is 97.0. The largest absolute Gasteiger partial charge is 0.472 e. The van der Waals surface area contributed by atoms with Crippen LogP contribution in [0.15, 0.2) is 122 Å². The zero-order chi connectivity index (χ0) is 73.7. The summed E-state index contributed by atoms with van der Waals surface area (Å²) in [6.07, 6.45) is 89.7. The molecule has 0 saturated carbocycles. The zero-order valence-corrected chi connectivity index (χ0v) is 65.3. The predicted octanol–water partition coefficient (Wildman–Crippen LogP) is 23.3. The highest BCUT2D eigenvalue weighted by Gasteiger charge is 2.29. The quantitative estimate of drug-likeness (QED) is 0.0146. The highest BCUT2D eigenvalue weighted by Crippen LogP contribution is 2.45. The predicted molar refractivity (Wildman–Crippen MR) is 417 cm³/mol. The van der Waals surface area contributed by atoms with E-state index in [9.17, 15) is 43.5 Å². The molecule has 18 heteroatoms. The Bertz CT molecular complexity index is 2320. The third kappa shape index (κ3) is 76.9. The van der Waals surface area contributed by atoms with Crippen molar-refractivity contribution in [3.8, 4) is 0 Å². The SMILES string of the molecule is CC/C=C\C/C=C\C/C=C\C/C=C\C/C=C\CCCCCCCCCCCCCCCCCC(=O)OCC(O)COP(=O)(O)OCC(O)COP(=O)(O)OCC(COC(=O)CCCCCCCC/C=C\C/C=C\C/C=C\C/C=C\CC)OC(=O)CCCCCCC/C=C\CCCCCCCC. The molecule has 0 saturated heterocycles. The van der Waals surface area contributed by atoms with E-state index >= 15 is 0 Å². The molecule has 101 heavy (non-hydrogen) atoms. The van der Waals surface area contributed by atoms with Gasteiger partial charge in [0.1, 0.15) is 25.4 Å². The average Bonchev–Trinajstić information content (AvgIpc) is 0.980. The van der Waals surface area contributed by atoms with Crippen LogP contribution in [0.3, 0.4) is 0 Å². The Morgan fingerprint density at radius 2 is 0.525 bits per heavy atom. The molecule has 0 aliphatic rings. The summed E-state index contributed by atoms with van der Waals surface area (Å²) in [6, 6.07) is 0. The topological polar surface area (TPSA) is 231 Å². The van der Waals surface area contributed by atoms with Gasteiger partial charge in [0, 0.05) is 19.3 Å². The fourth-order valence-electron chi connectivity index (χ4n) is 10.6. The van der Waals surface area contributed by atoms with Crippen molar-refractivity contribution < 1.29 is 75.8 Å².